The van der Waals surface area contributed by atoms with Gasteiger partial charge in [0.25, 0.3) is 0 Å². The van der Waals surface area contributed by atoms with Crippen molar-refractivity contribution in [2.45, 2.75) is 13.5 Å². The number of benzene rings is 2. The van der Waals surface area contributed by atoms with Gasteiger partial charge in [0.2, 0.25) is 11.9 Å². The number of anilines is 5. The largest absolute Gasteiger partial charge is 0.372 e. The summed E-state index contributed by atoms with van der Waals surface area (Å²) in [6.45, 7) is 6.16. The summed E-state index contributed by atoms with van der Waals surface area (Å²) in [5, 5.41) is 3.17. The number of hydrogen-bond acceptors (Lipinski definition) is 7. The molecule has 3 aromatic rings. The zero-order valence-corrected chi connectivity index (χ0v) is 20.4. The number of rotatable bonds is 4. The minimum Gasteiger partial charge on any atom is -0.372 e. The second kappa shape index (κ2) is 9.96. The number of carbonyl (C=O) groups is 1. The summed E-state index contributed by atoms with van der Waals surface area (Å²) in [4.78, 5) is 28.1. The Morgan fingerprint density at radius 1 is 0.944 bits per heavy atom. The number of likely N-dealkylation sites (N-methyl/N-ethyl adjacent to an activating group) is 1. The molecular weight excluding hydrogens is 464 g/mol. The van der Waals surface area contributed by atoms with Gasteiger partial charge in [-0.05, 0) is 42.0 Å². The Morgan fingerprint density at radius 3 is 2.39 bits per heavy atom. The maximum atomic E-state index is 14.8. The van der Waals surface area contributed by atoms with Gasteiger partial charge >= 0.3 is 0 Å². The molecule has 0 radical (unpaired) electrons. The summed E-state index contributed by atoms with van der Waals surface area (Å²) >= 11 is 0. The molecule has 0 atom stereocenters. The maximum absolute atomic E-state index is 14.8. The highest BCUT2D eigenvalue weighted by Gasteiger charge is 2.23. The van der Waals surface area contributed by atoms with Crippen molar-refractivity contribution in [1.29, 1.82) is 0 Å². The number of nitrogens with one attached hydrogen (secondary N) is 1. The average molecular weight is 494 g/mol. The van der Waals surface area contributed by atoms with Crippen molar-refractivity contribution >= 4 is 34.7 Å². The summed E-state index contributed by atoms with van der Waals surface area (Å²) in [5.41, 5.74) is 3.57. The molecule has 3 heterocycles. The van der Waals surface area contributed by atoms with Crippen molar-refractivity contribution < 1.29 is 13.6 Å². The van der Waals surface area contributed by atoms with Crippen molar-refractivity contribution in [2.24, 2.45) is 0 Å². The normalized spacial score (nSPS) is 16.0. The Balaban J connectivity index is 1.29. The van der Waals surface area contributed by atoms with E-state index in [1.54, 1.807) is 13.0 Å². The quantitative estimate of drug-likeness (QED) is 0.596. The van der Waals surface area contributed by atoms with Gasteiger partial charge in [-0.15, -0.1) is 0 Å². The third-order valence-corrected chi connectivity index (χ3v) is 6.76. The highest BCUT2D eigenvalue weighted by Crippen LogP contribution is 2.29. The Kier molecular flexibility index (Phi) is 6.58. The number of hydrogen-bond donors (Lipinski definition) is 1. The number of fused-ring (bicyclic) bond motifs is 1. The lowest BCUT2D eigenvalue weighted by molar-refractivity contribution is -0.129. The lowest BCUT2D eigenvalue weighted by Crippen LogP contribution is -2.48. The molecule has 2 aromatic carbocycles. The summed E-state index contributed by atoms with van der Waals surface area (Å²) < 4.78 is 28.6. The van der Waals surface area contributed by atoms with E-state index in [2.05, 4.69) is 20.2 Å². The molecule has 0 aliphatic carbocycles. The van der Waals surface area contributed by atoms with Crippen LogP contribution in [0.3, 0.4) is 0 Å². The maximum Gasteiger partial charge on any atom is 0.229 e. The molecule has 1 fully saturated rings. The molecule has 5 rings (SSSR count). The predicted molar refractivity (Wildman–Crippen MR) is 137 cm³/mol. The topological polar surface area (TPSA) is 67.8 Å². The minimum atomic E-state index is -0.506. The van der Waals surface area contributed by atoms with Crippen LogP contribution in [0.4, 0.5) is 37.6 Å². The van der Waals surface area contributed by atoms with Crippen LogP contribution >= 0.6 is 0 Å². The molecule has 1 amide bonds. The summed E-state index contributed by atoms with van der Waals surface area (Å²) in [5.74, 6) is -0.186. The first-order valence-corrected chi connectivity index (χ1v) is 12.0. The van der Waals surface area contributed by atoms with E-state index in [0.717, 1.165) is 35.7 Å². The van der Waals surface area contributed by atoms with Crippen LogP contribution < -0.4 is 20.0 Å². The van der Waals surface area contributed by atoms with Gasteiger partial charge in [0.05, 0.1) is 6.20 Å². The molecule has 188 valence electrons. The van der Waals surface area contributed by atoms with Crippen molar-refractivity contribution in [2.75, 3.05) is 66.3 Å². The second-order valence-corrected chi connectivity index (χ2v) is 9.15. The Morgan fingerprint density at radius 2 is 1.67 bits per heavy atom. The summed E-state index contributed by atoms with van der Waals surface area (Å²) in [6, 6.07) is 12.6. The van der Waals surface area contributed by atoms with Crippen LogP contribution in [-0.2, 0) is 11.3 Å². The molecule has 0 spiro atoms. The molecule has 0 saturated carbocycles. The van der Waals surface area contributed by atoms with Gasteiger partial charge < -0.3 is 24.9 Å². The molecule has 36 heavy (non-hydrogen) atoms. The van der Waals surface area contributed by atoms with Crippen LogP contribution in [0.25, 0.3) is 0 Å². The van der Waals surface area contributed by atoms with E-state index >= 15 is 0 Å². The number of carbonyl (C=O) groups excluding carboxylic acids is 1. The predicted octanol–water partition coefficient (Wildman–Crippen LogP) is 3.62. The monoisotopic (exact) mass is 493 g/mol. The molecular formula is C26H29F2N7O. The lowest BCUT2D eigenvalue weighted by atomic mass is 10.1. The standard InChI is InChI=1S/C26H29F2N7O/c1-18(36)33-11-13-34(14-12-33)22-7-5-21(6-8-22)30-26-29-16-23(28)25(31-26)35-10-9-32(2)24-15-20(27)4-3-19(24)17-35/h3-8,15-16H,9-14,17H2,1-2H3,(H,29,30,31). The highest BCUT2D eigenvalue weighted by atomic mass is 19.1. The van der Waals surface area contributed by atoms with E-state index in [9.17, 15) is 13.6 Å². The molecule has 0 unspecified atom stereocenters. The van der Waals surface area contributed by atoms with Gasteiger partial charge in [-0.1, -0.05) is 6.07 Å². The Hall–Kier alpha value is -3.95. The third kappa shape index (κ3) is 5.02. The van der Waals surface area contributed by atoms with Gasteiger partial charge in [-0.25, -0.2) is 13.8 Å². The fraction of sp³-hybridized carbons (Fsp3) is 0.346. The molecule has 8 nitrogen and oxygen atoms in total. The van der Waals surface area contributed by atoms with Crippen molar-refractivity contribution in [3.63, 3.8) is 0 Å². The van der Waals surface area contributed by atoms with Crippen LogP contribution in [0.15, 0.2) is 48.7 Å². The van der Waals surface area contributed by atoms with E-state index in [-0.39, 0.29) is 17.5 Å². The van der Waals surface area contributed by atoms with Crippen molar-refractivity contribution in [3.05, 3.63) is 65.9 Å². The fourth-order valence-electron chi connectivity index (χ4n) is 4.69. The number of piperazine rings is 1. The number of nitrogens with zero attached hydrogens (tertiary/aromatic N) is 6. The molecule has 2 aliphatic rings. The van der Waals surface area contributed by atoms with E-state index < -0.39 is 5.82 Å². The first-order chi connectivity index (χ1) is 17.4. The molecule has 1 saturated heterocycles. The molecule has 1 N–H and O–H groups in total. The lowest BCUT2D eigenvalue weighted by Gasteiger charge is -2.35. The van der Waals surface area contributed by atoms with Gasteiger partial charge in [-0.3, -0.25) is 4.79 Å². The van der Waals surface area contributed by atoms with E-state index in [4.69, 9.17) is 0 Å². The third-order valence-electron chi connectivity index (χ3n) is 6.76. The first kappa shape index (κ1) is 23.8. The van der Waals surface area contributed by atoms with Crippen LogP contribution in [0.1, 0.15) is 12.5 Å². The van der Waals surface area contributed by atoms with Crippen LogP contribution in [-0.4, -0.2) is 67.1 Å². The second-order valence-electron chi connectivity index (χ2n) is 9.15. The Bertz CT molecular complexity index is 1250. The van der Waals surface area contributed by atoms with Gasteiger partial charge in [0, 0.05) is 76.8 Å². The first-order valence-electron chi connectivity index (χ1n) is 12.0. The van der Waals surface area contributed by atoms with E-state index in [0.29, 0.717) is 38.7 Å². The fourth-order valence-corrected chi connectivity index (χ4v) is 4.69. The molecule has 1 aromatic heterocycles. The van der Waals surface area contributed by atoms with Gasteiger partial charge in [0.1, 0.15) is 5.82 Å². The van der Waals surface area contributed by atoms with Gasteiger partial charge in [-0.2, -0.15) is 4.98 Å². The number of aromatic nitrogens is 2. The number of amides is 1. The highest BCUT2D eigenvalue weighted by molar-refractivity contribution is 5.73. The van der Waals surface area contributed by atoms with Crippen molar-refractivity contribution in [1.82, 2.24) is 14.9 Å². The number of halogens is 2. The smallest absolute Gasteiger partial charge is 0.229 e. The molecule has 2 aliphatic heterocycles. The zero-order chi connectivity index (χ0) is 25.2. The molecule has 10 heteroatoms. The summed E-state index contributed by atoms with van der Waals surface area (Å²) in [6.07, 6.45) is 1.17. The van der Waals surface area contributed by atoms with Crippen LogP contribution in [0.5, 0.6) is 0 Å². The minimum absolute atomic E-state index is 0.109. The van der Waals surface area contributed by atoms with Crippen molar-refractivity contribution in [3.8, 4) is 0 Å². The van der Waals surface area contributed by atoms with E-state index in [1.807, 2.05) is 46.0 Å². The van der Waals surface area contributed by atoms with Gasteiger partial charge in [0.15, 0.2) is 11.6 Å². The Labute approximate surface area is 209 Å². The average Bonchev–Trinajstić information content (AvgIpc) is 3.04. The zero-order valence-electron chi connectivity index (χ0n) is 20.4. The molecule has 0 bridgehead atoms. The summed E-state index contributed by atoms with van der Waals surface area (Å²) in [7, 11) is 1.90. The van der Waals surface area contributed by atoms with Crippen LogP contribution in [0, 0.1) is 11.6 Å². The van der Waals surface area contributed by atoms with Crippen LogP contribution in [0.2, 0.25) is 0 Å². The SMILES string of the molecule is CC(=O)N1CCN(c2ccc(Nc3ncc(F)c(N4CCN(C)c5cc(F)ccc5C4)n3)cc2)CC1. The van der Waals surface area contributed by atoms with E-state index in [1.165, 1.54) is 18.3 Å².